The summed E-state index contributed by atoms with van der Waals surface area (Å²) in [4.78, 5) is 2.35. The summed E-state index contributed by atoms with van der Waals surface area (Å²) in [5.74, 6) is 0.613. The summed E-state index contributed by atoms with van der Waals surface area (Å²) in [5, 5.41) is 9.78. The summed E-state index contributed by atoms with van der Waals surface area (Å²) in [6.07, 6.45) is 0.759. The van der Waals surface area contributed by atoms with Gasteiger partial charge in [-0.3, -0.25) is 0 Å². The number of ether oxygens (including phenoxy) is 1. The molecule has 3 heteroatoms. The Morgan fingerprint density at radius 2 is 2.24 bits per heavy atom. The van der Waals surface area contributed by atoms with Crippen molar-refractivity contribution in [2.45, 2.75) is 19.4 Å². The van der Waals surface area contributed by atoms with E-state index < -0.39 is 6.10 Å². The minimum atomic E-state index is -0.410. The molecule has 0 saturated carbocycles. The SMILES string of the molecule is COCC1CCN(c2ccccc2[C@@H](C)O)C1. The van der Waals surface area contributed by atoms with E-state index in [2.05, 4.69) is 11.0 Å². The van der Waals surface area contributed by atoms with E-state index in [1.54, 1.807) is 7.11 Å². The van der Waals surface area contributed by atoms with Gasteiger partial charge in [0.25, 0.3) is 0 Å². The van der Waals surface area contributed by atoms with Gasteiger partial charge in [-0.1, -0.05) is 18.2 Å². The zero-order valence-electron chi connectivity index (χ0n) is 10.6. The van der Waals surface area contributed by atoms with E-state index in [9.17, 15) is 5.11 Å². The molecule has 1 aromatic rings. The lowest BCUT2D eigenvalue weighted by Crippen LogP contribution is -2.22. The molecule has 0 bridgehead atoms. The molecule has 0 spiro atoms. The van der Waals surface area contributed by atoms with Crippen molar-refractivity contribution in [2.75, 3.05) is 31.7 Å². The van der Waals surface area contributed by atoms with Crippen molar-refractivity contribution in [1.82, 2.24) is 0 Å². The highest BCUT2D eigenvalue weighted by atomic mass is 16.5. The van der Waals surface area contributed by atoms with Crippen LogP contribution in [0.15, 0.2) is 24.3 Å². The summed E-state index contributed by atoms with van der Waals surface area (Å²) < 4.78 is 5.21. The standard InChI is InChI=1S/C14H21NO2/c1-11(16)13-5-3-4-6-14(13)15-8-7-12(9-15)10-17-2/h3-6,11-12,16H,7-10H2,1-2H3/t11-,12?/m1/s1. The van der Waals surface area contributed by atoms with Gasteiger partial charge in [0, 0.05) is 37.4 Å². The number of hydrogen-bond donors (Lipinski definition) is 1. The summed E-state index contributed by atoms with van der Waals surface area (Å²) in [6, 6.07) is 8.11. The van der Waals surface area contributed by atoms with Crippen molar-refractivity contribution >= 4 is 5.69 Å². The minimum Gasteiger partial charge on any atom is -0.389 e. The molecule has 2 atom stereocenters. The molecular weight excluding hydrogens is 214 g/mol. The number of nitrogens with zero attached hydrogens (tertiary/aromatic N) is 1. The third-order valence-electron chi connectivity index (χ3n) is 3.42. The van der Waals surface area contributed by atoms with Crippen molar-refractivity contribution in [3.63, 3.8) is 0 Å². The fourth-order valence-electron chi connectivity index (χ4n) is 2.55. The summed E-state index contributed by atoms with van der Waals surface area (Å²) in [6.45, 7) is 4.73. The quantitative estimate of drug-likeness (QED) is 0.868. The monoisotopic (exact) mass is 235 g/mol. The second kappa shape index (κ2) is 5.52. The van der Waals surface area contributed by atoms with Gasteiger partial charge < -0.3 is 14.7 Å². The highest BCUT2D eigenvalue weighted by Crippen LogP contribution is 2.30. The van der Waals surface area contributed by atoms with Crippen molar-refractivity contribution in [1.29, 1.82) is 0 Å². The fraction of sp³-hybridized carbons (Fsp3) is 0.571. The van der Waals surface area contributed by atoms with Gasteiger partial charge in [-0.05, 0) is 19.4 Å². The van der Waals surface area contributed by atoms with Gasteiger partial charge in [-0.2, -0.15) is 0 Å². The average molecular weight is 235 g/mol. The van der Waals surface area contributed by atoms with E-state index in [1.165, 1.54) is 12.1 Å². The largest absolute Gasteiger partial charge is 0.389 e. The Hall–Kier alpha value is -1.06. The zero-order chi connectivity index (χ0) is 12.3. The molecule has 0 aliphatic carbocycles. The van der Waals surface area contributed by atoms with Gasteiger partial charge in [-0.25, -0.2) is 0 Å². The highest BCUT2D eigenvalue weighted by molar-refractivity contribution is 5.55. The molecule has 1 aliphatic rings. The third kappa shape index (κ3) is 2.79. The molecule has 1 aromatic carbocycles. The molecule has 1 N–H and O–H groups in total. The minimum absolute atomic E-state index is 0.410. The maximum atomic E-state index is 9.78. The summed E-state index contributed by atoms with van der Waals surface area (Å²) >= 11 is 0. The third-order valence-corrected chi connectivity index (χ3v) is 3.42. The lowest BCUT2D eigenvalue weighted by Gasteiger charge is -2.23. The smallest absolute Gasteiger partial charge is 0.0781 e. The molecule has 1 heterocycles. The lowest BCUT2D eigenvalue weighted by atomic mass is 10.1. The average Bonchev–Trinajstić information content (AvgIpc) is 2.78. The van der Waals surface area contributed by atoms with Crippen LogP contribution < -0.4 is 4.90 Å². The Labute approximate surface area is 103 Å². The Morgan fingerprint density at radius 3 is 2.94 bits per heavy atom. The van der Waals surface area contributed by atoms with E-state index in [1.807, 2.05) is 25.1 Å². The van der Waals surface area contributed by atoms with Crippen LogP contribution in [0, 0.1) is 5.92 Å². The van der Waals surface area contributed by atoms with E-state index in [0.29, 0.717) is 5.92 Å². The van der Waals surface area contributed by atoms with Crippen LogP contribution in [0.1, 0.15) is 25.0 Å². The molecule has 94 valence electrons. The summed E-state index contributed by atoms with van der Waals surface area (Å²) in [7, 11) is 1.76. The van der Waals surface area contributed by atoms with Crippen LogP contribution in [0.4, 0.5) is 5.69 Å². The van der Waals surface area contributed by atoms with Crippen molar-refractivity contribution in [3.05, 3.63) is 29.8 Å². The van der Waals surface area contributed by atoms with E-state index in [4.69, 9.17) is 4.74 Å². The van der Waals surface area contributed by atoms with Crippen LogP contribution in [0.3, 0.4) is 0 Å². The normalized spacial score (nSPS) is 21.8. The molecule has 2 rings (SSSR count). The Kier molecular flexibility index (Phi) is 4.02. The Balaban J connectivity index is 2.13. The molecule has 0 aromatic heterocycles. The molecule has 0 radical (unpaired) electrons. The van der Waals surface area contributed by atoms with E-state index in [0.717, 1.165) is 25.3 Å². The van der Waals surface area contributed by atoms with Crippen LogP contribution in [0.2, 0.25) is 0 Å². The Bertz CT molecular complexity index is 365. The fourth-order valence-corrected chi connectivity index (χ4v) is 2.55. The number of aliphatic hydroxyl groups excluding tert-OH is 1. The maximum Gasteiger partial charge on any atom is 0.0781 e. The van der Waals surface area contributed by atoms with Crippen molar-refractivity contribution in [2.24, 2.45) is 5.92 Å². The first-order chi connectivity index (χ1) is 8.22. The molecule has 17 heavy (non-hydrogen) atoms. The first-order valence-electron chi connectivity index (χ1n) is 6.23. The van der Waals surface area contributed by atoms with Crippen LogP contribution in [-0.2, 0) is 4.74 Å². The first-order valence-corrected chi connectivity index (χ1v) is 6.23. The van der Waals surface area contributed by atoms with Gasteiger partial charge in [0.15, 0.2) is 0 Å². The topological polar surface area (TPSA) is 32.7 Å². The van der Waals surface area contributed by atoms with Gasteiger partial charge in [0.1, 0.15) is 0 Å². The molecule has 1 fully saturated rings. The number of benzene rings is 1. The van der Waals surface area contributed by atoms with Crippen LogP contribution in [0.5, 0.6) is 0 Å². The molecule has 1 saturated heterocycles. The number of anilines is 1. The second-order valence-corrected chi connectivity index (χ2v) is 4.79. The first kappa shape index (κ1) is 12.4. The Morgan fingerprint density at radius 1 is 1.47 bits per heavy atom. The molecular formula is C14H21NO2. The number of para-hydroxylation sites is 1. The summed E-state index contributed by atoms with van der Waals surface area (Å²) in [5.41, 5.74) is 2.19. The molecule has 1 aliphatic heterocycles. The van der Waals surface area contributed by atoms with Crippen LogP contribution >= 0.6 is 0 Å². The van der Waals surface area contributed by atoms with Gasteiger partial charge in [0.2, 0.25) is 0 Å². The van der Waals surface area contributed by atoms with Gasteiger partial charge >= 0.3 is 0 Å². The number of hydrogen-bond acceptors (Lipinski definition) is 3. The maximum absolute atomic E-state index is 9.78. The predicted octanol–water partition coefficient (Wildman–Crippen LogP) is 2.21. The second-order valence-electron chi connectivity index (χ2n) is 4.79. The molecule has 1 unspecified atom stereocenters. The number of rotatable bonds is 4. The van der Waals surface area contributed by atoms with Gasteiger partial charge in [0.05, 0.1) is 12.7 Å². The highest BCUT2D eigenvalue weighted by Gasteiger charge is 2.24. The molecule has 0 amide bonds. The molecule has 3 nitrogen and oxygen atoms in total. The lowest BCUT2D eigenvalue weighted by molar-refractivity contribution is 0.161. The van der Waals surface area contributed by atoms with Crippen LogP contribution in [0.25, 0.3) is 0 Å². The zero-order valence-corrected chi connectivity index (χ0v) is 10.6. The van der Waals surface area contributed by atoms with Crippen molar-refractivity contribution < 1.29 is 9.84 Å². The van der Waals surface area contributed by atoms with Crippen molar-refractivity contribution in [3.8, 4) is 0 Å². The number of aliphatic hydroxyl groups is 1. The predicted molar refractivity (Wildman–Crippen MR) is 69.3 cm³/mol. The van der Waals surface area contributed by atoms with Crippen LogP contribution in [-0.4, -0.2) is 31.9 Å². The number of methoxy groups -OCH3 is 1. The van der Waals surface area contributed by atoms with E-state index in [-0.39, 0.29) is 0 Å². The van der Waals surface area contributed by atoms with E-state index >= 15 is 0 Å². The van der Waals surface area contributed by atoms with Gasteiger partial charge in [-0.15, -0.1) is 0 Å².